The molecule has 2 heterocycles. The van der Waals surface area contributed by atoms with Crippen molar-refractivity contribution in [3.63, 3.8) is 0 Å². The number of carbonyl (C=O) groups excluding carboxylic acids is 2. The first-order valence-corrected chi connectivity index (χ1v) is 9.14. The molecule has 5 nitrogen and oxygen atoms in total. The van der Waals surface area contributed by atoms with Gasteiger partial charge in [0.15, 0.2) is 0 Å². The summed E-state index contributed by atoms with van der Waals surface area (Å²) in [5.41, 5.74) is 2.78. The van der Waals surface area contributed by atoms with Crippen molar-refractivity contribution in [1.82, 2.24) is 4.57 Å². The summed E-state index contributed by atoms with van der Waals surface area (Å²) < 4.78 is 7.09. The maximum atomic E-state index is 12.6. The van der Waals surface area contributed by atoms with Crippen molar-refractivity contribution in [3.8, 4) is 5.69 Å². The highest BCUT2D eigenvalue weighted by Gasteiger charge is 2.22. The number of aryl methyl sites for hydroxylation is 1. The molecular formula is C20H20N2O3S. The number of aromatic nitrogens is 1. The lowest BCUT2D eigenvalue weighted by Crippen LogP contribution is -2.15. The van der Waals surface area contributed by atoms with Crippen LogP contribution in [-0.4, -0.2) is 23.1 Å². The average Bonchev–Trinajstić information content (AvgIpc) is 3.24. The Hall–Kier alpha value is -2.86. The second-order valence-electron chi connectivity index (χ2n) is 5.80. The zero-order valence-electron chi connectivity index (χ0n) is 14.9. The number of carbonyl (C=O) groups is 2. The fourth-order valence-electron chi connectivity index (χ4n) is 2.63. The van der Waals surface area contributed by atoms with E-state index >= 15 is 0 Å². The summed E-state index contributed by atoms with van der Waals surface area (Å²) in [6.07, 6.45) is 3.88. The van der Waals surface area contributed by atoms with Gasteiger partial charge in [-0.15, -0.1) is 11.3 Å². The van der Waals surface area contributed by atoms with Gasteiger partial charge in [-0.1, -0.05) is 0 Å². The predicted octanol–water partition coefficient (Wildman–Crippen LogP) is 4.58. The minimum Gasteiger partial charge on any atom is -0.462 e. The molecular weight excluding hydrogens is 348 g/mol. The molecule has 1 N–H and O–H groups in total. The van der Waals surface area contributed by atoms with Crippen LogP contribution in [0.15, 0.2) is 48.8 Å². The highest BCUT2D eigenvalue weighted by atomic mass is 32.1. The number of benzene rings is 1. The Bertz CT molecular complexity index is 925. The molecule has 3 rings (SSSR count). The molecule has 1 amide bonds. The van der Waals surface area contributed by atoms with Gasteiger partial charge in [-0.25, -0.2) is 4.79 Å². The number of ether oxygens (including phenoxy) is 1. The van der Waals surface area contributed by atoms with E-state index in [1.807, 2.05) is 55.1 Å². The number of anilines is 1. The van der Waals surface area contributed by atoms with Crippen LogP contribution >= 0.6 is 11.3 Å². The quantitative estimate of drug-likeness (QED) is 0.670. The Morgan fingerprint density at radius 3 is 2.38 bits per heavy atom. The molecule has 134 valence electrons. The molecule has 26 heavy (non-hydrogen) atoms. The molecule has 0 aliphatic carbocycles. The number of esters is 1. The Morgan fingerprint density at radius 1 is 1.12 bits per heavy atom. The number of rotatable bonds is 5. The lowest BCUT2D eigenvalue weighted by molar-refractivity contribution is 0.0527. The number of nitrogens with one attached hydrogen (secondary N) is 1. The van der Waals surface area contributed by atoms with E-state index < -0.39 is 5.97 Å². The molecule has 0 bridgehead atoms. The normalized spacial score (nSPS) is 10.6. The molecule has 0 aliphatic rings. The van der Waals surface area contributed by atoms with Gasteiger partial charge >= 0.3 is 5.97 Å². The zero-order chi connectivity index (χ0) is 18.7. The van der Waals surface area contributed by atoms with Crippen molar-refractivity contribution in [2.45, 2.75) is 20.8 Å². The first-order chi connectivity index (χ1) is 12.5. The first-order valence-electron chi connectivity index (χ1n) is 8.33. The maximum absolute atomic E-state index is 12.6. The van der Waals surface area contributed by atoms with Crippen LogP contribution in [0.5, 0.6) is 0 Å². The Labute approximate surface area is 156 Å². The second-order valence-corrected chi connectivity index (χ2v) is 7.02. The van der Waals surface area contributed by atoms with Gasteiger partial charge < -0.3 is 14.6 Å². The SMILES string of the molecule is CCOC(=O)c1c(NC(=O)c2ccc(-n3cccc3)cc2)sc(C)c1C. The number of amides is 1. The molecule has 1 aromatic carbocycles. The molecule has 0 atom stereocenters. The highest BCUT2D eigenvalue weighted by Crippen LogP contribution is 2.33. The van der Waals surface area contributed by atoms with Crippen LogP contribution in [0.4, 0.5) is 5.00 Å². The third-order valence-corrected chi connectivity index (χ3v) is 5.25. The van der Waals surface area contributed by atoms with Crippen LogP contribution in [0.1, 0.15) is 38.1 Å². The molecule has 0 fully saturated rings. The third kappa shape index (κ3) is 3.55. The standard InChI is InChI=1S/C20H20N2O3S/c1-4-25-20(24)17-13(2)14(3)26-19(17)21-18(23)15-7-9-16(10-8-15)22-11-5-6-12-22/h5-12H,4H2,1-3H3,(H,21,23). The highest BCUT2D eigenvalue weighted by molar-refractivity contribution is 7.16. The van der Waals surface area contributed by atoms with E-state index in [1.165, 1.54) is 11.3 Å². The Morgan fingerprint density at radius 2 is 1.77 bits per heavy atom. The van der Waals surface area contributed by atoms with Gasteiger partial charge in [-0.2, -0.15) is 0 Å². The fourth-order valence-corrected chi connectivity index (χ4v) is 3.67. The summed E-state index contributed by atoms with van der Waals surface area (Å²) in [5.74, 6) is -0.663. The smallest absolute Gasteiger partial charge is 0.341 e. The van der Waals surface area contributed by atoms with Crippen LogP contribution < -0.4 is 5.32 Å². The van der Waals surface area contributed by atoms with E-state index in [-0.39, 0.29) is 5.91 Å². The van der Waals surface area contributed by atoms with Gasteiger partial charge in [0.05, 0.1) is 12.2 Å². The predicted molar refractivity (Wildman–Crippen MR) is 103 cm³/mol. The summed E-state index contributed by atoms with van der Waals surface area (Å²) in [6, 6.07) is 11.2. The van der Waals surface area contributed by atoms with E-state index in [0.717, 1.165) is 16.1 Å². The van der Waals surface area contributed by atoms with Crippen molar-refractivity contribution < 1.29 is 14.3 Å². The monoisotopic (exact) mass is 368 g/mol. The summed E-state index contributed by atoms with van der Waals surface area (Å²) in [5, 5.41) is 3.38. The van der Waals surface area contributed by atoms with Crippen LogP contribution in [0, 0.1) is 13.8 Å². The summed E-state index contributed by atoms with van der Waals surface area (Å²) >= 11 is 1.38. The van der Waals surface area contributed by atoms with Crippen LogP contribution in [0.2, 0.25) is 0 Å². The maximum Gasteiger partial charge on any atom is 0.341 e. The molecule has 0 unspecified atom stereocenters. The van der Waals surface area contributed by atoms with Gasteiger partial charge in [-0.3, -0.25) is 4.79 Å². The molecule has 2 aromatic heterocycles. The first kappa shape index (κ1) is 17.9. The summed E-state index contributed by atoms with van der Waals surface area (Å²) in [6.45, 7) is 5.84. The fraction of sp³-hybridized carbons (Fsp3) is 0.200. The van der Waals surface area contributed by atoms with E-state index in [9.17, 15) is 9.59 Å². The molecule has 0 spiro atoms. The topological polar surface area (TPSA) is 60.3 Å². The molecule has 0 radical (unpaired) electrons. The van der Waals surface area contributed by atoms with Gasteiger partial charge in [0.2, 0.25) is 0 Å². The number of thiophene rings is 1. The van der Waals surface area contributed by atoms with E-state index in [4.69, 9.17) is 4.74 Å². The van der Waals surface area contributed by atoms with Crippen molar-refractivity contribution >= 4 is 28.2 Å². The minimum absolute atomic E-state index is 0.254. The molecule has 0 saturated carbocycles. The molecule has 0 saturated heterocycles. The zero-order valence-corrected chi connectivity index (χ0v) is 15.7. The lowest BCUT2D eigenvalue weighted by Gasteiger charge is -2.08. The second kappa shape index (κ2) is 7.58. The Balaban J connectivity index is 1.82. The largest absolute Gasteiger partial charge is 0.462 e. The van der Waals surface area contributed by atoms with Crippen molar-refractivity contribution in [2.24, 2.45) is 0 Å². The summed E-state index contributed by atoms with van der Waals surface area (Å²) in [7, 11) is 0. The summed E-state index contributed by atoms with van der Waals surface area (Å²) in [4.78, 5) is 25.8. The van der Waals surface area contributed by atoms with Gasteiger partial charge in [-0.05, 0) is 62.7 Å². The van der Waals surface area contributed by atoms with Crippen molar-refractivity contribution in [3.05, 3.63) is 70.4 Å². The van der Waals surface area contributed by atoms with Gasteiger partial charge in [0, 0.05) is 28.5 Å². The van der Waals surface area contributed by atoms with Gasteiger partial charge in [0.25, 0.3) is 5.91 Å². The number of nitrogens with zero attached hydrogens (tertiary/aromatic N) is 1. The number of hydrogen-bond acceptors (Lipinski definition) is 4. The minimum atomic E-state index is -0.410. The van der Waals surface area contributed by atoms with Crippen LogP contribution in [-0.2, 0) is 4.74 Å². The van der Waals surface area contributed by atoms with Crippen molar-refractivity contribution in [1.29, 1.82) is 0 Å². The molecule has 6 heteroatoms. The molecule has 0 aliphatic heterocycles. The third-order valence-electron chi connectivity index (χ3n) is 4.12. The van der Waals surface area contributed by atoms with Gasteiger partial charge in [0.1, 0.15) is 5.00 Å². The Kier molecular flexibility index (Phi) is 5.23. The van der Waals surface area contributed by atoms with Crippen LogP contribution in [0.25, 0.3) is 5.69 Å². The van der Waals surface area contributed by atoms with E-state index in [0.29, 0.717) is 22.7 Å². The molecule has 3 aromatic rings. The van der Waals surface area contributed by atoms with E-state index in [1.54, 1.807) is 19.1 Å². The lowest BCUT2D eigenvalue weighted by atomic mass is 10.1. The average molecular weight is 368 g/mol. The van der Waals surface area contributed by atoms with E-state index in [2.05, 4.69) is 5.32 Å². The van der Waals surface area contributed by atoms with Crippen LogP contribution in [0.3, 0.4) is 0 Å². The van der Waals surface area contributed by atoms with Crippen molar-refractivity contribution in [2.75, 3.05) is 11.9 Å². The number of hydrogen-bond donors (Lipinski definition) is 1.